The van der Waals surface area contributed by atoms with Crippen LogP contribution in [0.1, 0.15) is 19.4 Å². The van der Waals surface area contributed by atoms with Crippen LogP contribution < -0.4 is 5.11 Å². The highest BCUT2D eigenvalue weighted by molar-refractivity contribution is 8.26. The van der Waals surface area contributed by atoms with Crippen LogP contribution in [0, 0.1) is 5.92 Å². The van der Waals surface area contributed by atoms with Gasteiger partial charge in [-0.3, -0.25) is 9.69 Å². The Hall–Kier alpha value is -1.86. The molecule has 0 aromatic heterocycles. The molecule has 0 radical (unpaired) electrons. The lowest BCUT2D eigenvalue weighted by molar-refractivity contribution is -0.311. The Morgan fingerprint density at radius 3 is 2.59 bits per heavy atom. The number of thioether (sulfide) groups is 1. The zero-order chi connectivity index (χ0) is 16.4. The summed E-state index contributed by atoms with van der Waals surface area (Å²) < 4.78 is 0.176. The van der Waals surface area contributed by atoms with E-state index in [4.69, 9.17) is 12.2 Å². The van der Waals surface area contributed by atoms with Gasteiger partial charge >= 0.3 is 0 Å². The van der Waals surface area contributed by atoms with Crippen molar-refractivity contribution in [2.45, 2.75) is 19.9 Å². The predicted molar refractivity (Wildman–Crippen MR) is 86.8 cm³/mol. The van der Waals surface area contributed by atoms with Crippen molar-refractivity contribution >= 4 is 46.3 Å². The summed E-state index contributed by atoms with van der Waals surface area (Å²) in [6.07, 6.45) is 1.50. The summed E-state index contributed by atoms with van der Waals surface area (Å²) >= 11 is 6.15. The fourth-order valence-electron chi connectivity index (χ4n) is 2.15. The van der Waals surface area contributed by atoms with E-state index < -0.39 is 17.9 Å². The molecule has 1 N–H and O–H groups in total. The molecule has 0 bridgehead atoms. The zero-order valence-corrected chi connectivity index (χ0v) is 13.6. The van der Waals surface area contributed by atoms with Crippen LogP contribution in [-0.2, 0) is 9.59 Å². The largest absolute Gasteiger partial charge is 0.548 e. The topological polar surface area (TPSA) is 80.7 Å². The van der Waals surface area contributed by atoms with Crippen molar-refractivity contribution in [1.29, 1.82) is 0 Å². The van der Waals surface area contributed by atoms with Gasteiger partial charge in [0.05, 0.1) is 16.9 Å². The lowest BCUT2D eigenvalue weighted by Crippen LogP contribution is -2.52. The van der Waals surface area contributed by atoms with E-state index in [9.17, 15) is 19.8 Å². The third-order valence-corrected chi connectivity index (χ3v) is 4.53. The van der Waals surface area contributed by atoms with Crippen molar-refractivity contribution in [2.75, 3.05) is 0 Å². The van der Waals surface area contributed by atoms with Gasteiger partial charge in [-0.05, 0) is 18.1 Å². The second-order valence-electron chi connectivity index (χ2n) is 5.12. The van der Waals surface area contributed by atoms with Crippen molar-refractivity contribution in [1.82, 2.24) is 4.90 Å². The molecule has 1 fully saturated rings. The molecule has 5 nitrogen and oxygen atoms in total. The number of rotatable bonds is 4. The molecule has 1 heterocycles. The van der Waals surface area contributed by atoms with Crippen molar-refractivity contribution in [3.63, 3.8) is 0 Å². The predicted octanol–water partition coefficient (Wildman–Crippen LogP) is 1.37. The van der Waals surface area contributed by atoms with Crippen LogP contribution in [0.15, 0.2) is 29.2 Å². The number of aliphatic carboxylic acids is 1. The second-order valence-corrected chi connectivity index (χ2v) is 6.79. The van der Waals surface area contributed by atoms with Gasteiger partial charge in [-0.1, -0.05) is 56.0 Å². The van der Waals surface area contributed by atoms with E-state index >= 15 is 0 Å². The van der Waals surface area contributed by atoms with Crippen LogP contribution in [0.25, 0.3) is 6.08 Å². The van der Waals surface area contributed by atoms with Gasteiger partial charge < -0.3 is 15.0 Å². The third-order valence-electron chi connectivity index (χ3n) is 3.20. The van der Waals surface area contributed by atoms with Gasteiger partial charge in [0, 0.05) is 5.56 Å². The molecule has 1 saturated heterocycles. The Kier molecular flexibility index (Phi) is 4.87. The highest BCUT2D eigenvalue weighted by Crippen LogP contribution is 2.36. The van der Waals surface area contributed by atoms with Gasteiger partial charge in [-0.15, -0.1) is 0 Å². The van der Waals surface area contributed by atoms with Gasteiger partial charge in [0.1, 0.15) is 10.1 Å². The number of hydrogen-bond acceptors (Lipinski definition) is 6. The minimum atomic E-state index is -1.34. The van der Waals surface area contributed by atoms with Crippen molar-refractivity contribution in [3.8, 4) is 5.75 Å². The number of carboxylic acids is 1. The smallest absolute Gasteiger partial charge is 0.266 e. The Morgan fingerprint density at radius 1 is 1.41 bits per heavy atom. The number of carbonyl (C=O) groups is 2. The van der Waals surface area contributed by atoms with Crippen LogP contribution in [0.5, 0.6) is 5.75 Å². The summed E-state index contributed by atoms with van der Waals surface area (Å²) in [5, 5.41) is 21.1. The van der Waals surface area contributed by atoms with E-state index in [1.807, 2.05) is 0 Å². The van der Waals surface area contributed by atoms with Gasteiger partial charge in [-0.2, -0.15) is 0 Å². The highest BCUT2D eigenvalue weighted by atomic mass is 32.2. The second kappa shape index (κ2) is 6.50. The van der Waals surface area contributed by atoms with E-state index in [1.54, 1.807) is 32.0 Å². The van der Waals surface area contributed by atoms with E-state index in [0.29, 0.717) is 5.56 Å². The molecular formula is C15H14NO4S2-. The molecule has 7 heteroatoms. The van der Waals surface area contributed by atoms with Crippen LogP contribution in [0.2, 0.25) is 0 Å². The summed E-state index contributed by atoms with van der Waals surface area (Å²) in [6.45, 7) is 3.37. The van der Waals surface area contributed by atoms with Gasteiger partial charge in [0.2, 0.25) is 0 Å². The number of phenolic OH excluding ortho intramolecular Hbond substituents is 1. The molecule has 1 aliphatic heterocycles. The van der Waals surface area contributed by atoms with Crippen molar-refractivity contribution < 1.29 is 19.8 Å². The van der Waals surface area contributed by atoms with Crippen molar-refractivity contribution in [3.05, 3.63) is 34.7 Å². The zero-order valence-electron chi connectivity index (χ0n) is 12.0. The first-order valence-electron chi connectivity index (χ1n) is 6.59. The fraction of sp³-hybridized carbons (Fsp3) is 0.267. The Morgan fingerprint density at radius 2 is 2.05 bits per heavy atom. The quantitative estimate of drug-likeness (QED) is 0.661. The first-order chi connectivity index (χ1) is 10.3. The average Bonchev–Trinajstić information content (AvgIpc) is 2.69. The van der Waals surface area contributed by atoms with Gasteiger partial charge in [0.25, 0.3) is 5.91 Å². The SMILES string of the molecule is CC(C)[C@@H](C(=O)[O-])N1C(=O)/C(=C/c2ccccc2O)SC1=S. The number of carboxylic acid groups (broad SMARTS) is 1. The molecule has 116 valence electrons. The number of amides is 1. The molecule has 1 aliphatic rings. The Balaban J connectivity index is 2.37. The minimum absolute atomic E-state index is 0.0353. The van der Waals surface area contributed by atoms with Gasteiger partial charge in [-0.25, -0.2) is 0 Å². The van der Waals surface area contributed by atoms with Crippen LogP contribution in [0.4, 0.5) is 0 Å². The van der Waals surface area contributed by atoms with E-state index in [2.05, 4.69) is 0 Å². The molecule has 22 heavy (non-hydrogen) atoms. The maximum Gasteiger partial charge on any atom is 0.266 e. The monoisotopic (exact) mass is 336 g/mol. The molecular weight excluding hydrogens is 322 g/mol. The number of aromatic hydroxyl groups is 1. The number of hydrogen-bond donors (Lipinski definition) is 1. The first kappa shape index (κ1) is 16.5. The molecule has 0 aliphatic carbocycles. The number of phenols is 1. The standard InChI is InChI=1S/C15H15NO4S2/c1-8(2)12(14(19)20)16-13(18)11(22-15(16)21)7-9-5-3-4-6-10(9)17/h3-8,12,17H,1-2H3,(H,19,20)/p-1/b11-7-/t12-/m0/s1. The Bertz CT molecular complexity index is 669. The first-order valence-corrected chi connectivity index (χ1v) is 7.81. The highest BCUT2D eigenvalue weighted by Gasteiger charge is 2.39. The normalized spacial score (nSPS) is 18.3. The molecule has 2 rings (SSSR count). The summed E-state index contributed by atoms with van der Waals surface area (Å²) in [4.78, 5) is 25.1. The number of carbonyl (C=O) groups excluding carboxylic acids is 2. The van der Waals surface area contributed by atoms with E-state index in [0.717, 1.165) is 16.7 Å². The summed E-state index contributed by atoms with van der Waals surface area (Å²) in [5.41, 5.74) is 0.470. The summed E-state index contributed by atoms with van der Waals surface area (Å²) in [7, 11) is 0. The number of thiocarbonyl (C=S) groups is 1. The molecule has 1 atom stereocenters. The van der Waals surface area contributed by atoms with Crippen LogP contribution in [0.3, 0.4) is 0 Å². The summed E-state index contributed by atoms with van der Waals surface area (Å²) in [5.74, 6) is -2.12. The average molecular weight is 336 g/mol. The lowest BCUT2D eigenvalue weighted by Gasteiger charge is -2.30. The van der Waals surface area contributed by atoms with Gasteiger partial charge in [0.15, 0.2) is 0 Å². The lowest BCUT2D eigenvalue weighted by atomic mass is 10.0. The maximum atomic E-state index is 12.5. The molecule has 1 amide bonds. The molecule has 0 spiro atoms. The molecule has 0 unspecified atom stereocenters. The number of para-hydroxylation sites is 1. The molecule has 0 saturated carbocycles. The van der Waals surface area contributed by atoms with Crippen LogP contribution >= 0.6 is 24.0 Å². The minimum Gasteiger partial charge on any atom is -0.548 e. The summed E-state index contributed by atoms with van der Waals surface area (Å²) in [6, 6.07) is 5.45. The third kappa shape index (κ3) is 3.15. The van der Waals surface area contributed by atoms with E-state index in [-0.39, 0.29) is 20.9 Å². The Labute approximate surface area is 137 Å². The number of benzene rings is 1. The maximum absolute atomic E-state index is 12.5. The van der Waals surface area contributed by atoms with E-state index in [1.165, 1.54) is 12.1 Å². The van der Waals surface area contributed by atoms with Crippen LogP contribution in [-0.4, -0.2) is 32.2 Å². The molecule has 1 aromatic carbocycles. The number of nitrogens with zero attached hydrogens (tertiary/aromatic N) is 1. The fourth-order valence-corrected chi connectivity index (χ4v) is 3.47. The molecule has 1 aromatic rings. The van der Waals surface area contributed by atoms with Crippen molar-refractivity contribution in [2.24, 2.45) is 5.92 Å².